The molecule has 0 heterocycles. The molecule has 0 N–H and O–H groups in total. The first-order chi connectivity index (χ1) is 11.5. The van der Waals surface area contributed by atoms with E-state index in [1.807, 2.05) is 19.1 Å². The molecule has 3 heteroatoms. The third kappa shape index (κ3) is 4.41. The molecule has 0 amide bonds. The van der Waals surface area contributed by atoms with E-state index in [1.54, 1.807) is 0 Å². The first kappa shape index (κ1) is 18.4. The van der Waals surface area contributed by atoms with Crippen molar-refractivity contribution in [2.75, 3.05) is 6.61 Å². The fourth-order valence-corrected chi connectivity index (χ4v) is 4.95. The molecule has 2 aliphatic rings. The van der Waals surface area contributed by atoms with Crippen LogP contribution in [0.4, 0.5) is 0 Å². The van der Waals surface area contributed by atoms with Gasteiger partial charge < -0.3 is 4.74 Å². The van der Waals surface area contributed by atoms with E-state index in [9.17, 15) is 0 Å². The third-order valence-corrected chi connectivity index (χ3v) is 7.29. The fraction of sp³-hybridized carbons (Fsp3) is 0.714. The molecule has 0 saturated heterocycles. The lowest BCUT2D eigenvalue weighted by molar-refractivity contribution is 0.126. The summed E-state index contributed by atoms with van der Waals surface area (Å²) in [5.41, 5.74) is 0.997. The number of ether oxygens (including phenoxy) is 1. The number of benzene rings is 1. The fourth-order valence-electron chi connectivity index (χ4n) is 4.53. The molecule has 2 saturated carbocycles. The Kier molecular flexibility index (Phi) is 6.38. The highest BCUT2D eigenvalue weighted by Crippen LogP contribution is 2.41. The van der Waals surface area contributed by atoms with Crippen LogP contribution in [0.15, 0.2) is 12.1 Å². The standard InChI is InChI=1S/C21H30Cl2O/c1-14-3-8-17(9-4-14)18-10-6-16(7-11-18)13-24-19-12-5-15(2)20(22)21(19)23/h5,12,14,16-18H,3-4,6-11,13H2,1-2H3. The van der Waals surface area contributed by atoms with Crippen molar-refractivity contribution in [2.45, 2.75) is 65.2 Å². The molecule has 0 spiro atoms. The largest absolute Gasteiger partial charge is 0.492 e. The van der Waals surface area contributed by atoms with Gasteiger partial charge in [-0.05, 0) is 80.8 Å². The average Bonchev–Trinajstić information content (AvgIpc) is 2.60. The highest BCUT2D eigenvalue weighted by molar-refractivity contribution is 6.43. The maximum absolute atomic E-state index is 6.30. The SMILES string of the molecule is Cc1ccc(OCC2CCC(C3CCC(C)CC3)CC2)c(Cl)c1Cl. The van der Waals surface area contributed by atoms with Crippen LogP contribution in [0.1, 0.15) is 63.9 Å². The van der Waals surface area contributed by atoms with E-state index >= 15 is 0 Å². The van der Waals surface area contributed by atoms with Crippen molar-refractivity contribution in [2.24, 2.45) is 23.7 Å². The lowest BCUT2D eigenvalue weighted by atomic mass is 9.69. The molecule has 1 aromatic rings. The summed E-state index contributed by atoms with van der Waals surface area (Å²) >= 11 is 12.5. The van der Waals surface area contributed by atoms with Gasteiger partial charge in [0.05, 0.1) is 11.6 Å². The van der Waals surface area contributed by atoms with Gasteiger partial charge in [0.1, 0.15) is 10.8 Å². The Hall–Kier alpha value is -0.400. The monoisotopic (exact) mass is 368 g/mol. The highest BCUT2D eigenvalue weighted by Gasteiger charge is 2.30. The van der Waals surface area contributed by atoms with Crippen LogP contribution < -0.4 is 4.74 Å². The van der Waals surface area contributed by atoms with Gasteiger partial charge in [0.2, 0.25) is 0 Å². The molecule has 2 fully saturated rings. The summed E-state index contributed by atoms with van der Waals surface area (Å²) in [5, 5.41) is 1.17. The van der Waals surface area contributed by atoms with E-state index in [-0.39, 0.29) is 0 Å². The number of aryl methyl sites for hydroxylation is 1. The minimum absolute atomic E-state index is 0.557. The quantitative estimate of drug-likeness (QED) is 0.540. The highest BCUT2D eigenvalue weighted by atomic mass is 35.5. The van der Waals surface area contributed by atoms with Crippen LogP contribution in [0, 0.1) is 30.6 Å². The van der Waals surface area contributed by atoms with Crippen LogP contribution in [0.2, 0.25) is 10.0 Å². The maximum atomic E-state index is 6.30. The topological polar surface area (TPSA) is 9.23 Å². The predicted octanol–water partition coefficient (Wildman–Crippen LogP) is 7.31. The molecule has 134 valence electrons. The first-order valence-electron chi connectivity index (χ1n) is 9.62. The molecule has 0 atom stereocenters. The summed E-state index contributed by atoms with van der Waals surface area (Å²) in [5.74, 6) is 4.31. The van der Waals surface area contributed by atoms with E-state index in [1.165, 1.54) is 51.4 Å². The molecular weight excluding hydrogens is 339 g/mol. The molecule has 0 unspecified atom stereocenters. The maximum Gasteiger partial charge on any atom is 0.139 e. The van der Waals surface area contributed by atoms with Crippen molar-refractivity contribution < 1.29 is 4.74 Å². The summed E-state index contributed by atoms with van der Waals surface area (Å²) in [6, 6.07) is 3.92. The van der Waals surface area contributed by atoms with Gasteiger partial charge in [0, 0.05) is 0 Å². The van der Waals surface area contributed by atoms with Gasteiger partial charge in [-0.25, -0.2) is 0 Å². The number of hydrogen-bond donors (Lipinski definition) is 0. The van der Waals surface area contributed by atoms with Gasteiger partial charge in [0.25, 0.3) is 0 Å². The molecule has 0 radical (unpaired) electrons. The zero-order valence-electron chi connectivity index (χ0n) is 15.0. The lowest BCUT2D eigenvalue weighted by Crippen LogP contribution is -2.27. The summed E-state index contributed by atoms with van der Waals surface area (Å²) in [4.78, 5) is 0. The Morgan fingerprint density at radius 1 is 0.875 bits per heavy atom. The second kappa shape index (κ2) is 8.32. The van der Waals surface area contributed by atoms with E-state index in [4.69, 9.17) is 27.9 Å². The molecule has 3 rings (SSSR count). The summed E-state index contributed by atoms with van der Waals surface area (Å²) in [6.45, 7) is 5.14. The zero-order valence-corrected chi connectivity index (χ0v) is 16.5. The van der Waals surface area contributed by atoms with Gasteiger partial charge in [0.15, 0.2) is 0 Å². The van der Waals surface area contributed by atoms with Gasteiger partial charge in [-0.1, -0.05) is 49.0 Å². The van der Waals surface area contributed by atoms with Crippen LogP contribution in [0.3, 0.4) is 0 Å². The summed E-state index contributed by atoms with van der Waals surface area (Å²) in [7, 11) is 0. The molecule has 0 aromatic heterocycles. The van der Waals surface area contributed by atoms with Gasteiger partial charge >= 0.3 is 0 Å². The van der Waals surface area contributed by atoms with E-state index in [0.29, 0.717) is 16.0 Å². The molecule has 0 bridgehead atoms. The summed E-state index contributed by atoms with van der Waals surface area (Å²) < 4.78 is 5.99. The van der Waals surface area contributed by atoms with Crippen LogP contribution in [-0.2, 0) is 0 Å². The normalized spacial score (nSPS) is 31.0. The van der Waals surface area contributed by atoms with Crippen molar-refractivity contribution in [3.05, 3.63) is 27.7 Å². The van der Waals surface area contributed by atoms with Gasteiger partial charge in [-0.15, -0.1) is 0 Å². The van der Waals surface area contributed by atoms with Crippen LogP contribution >= 0.6 is 23.2 Å². The number of hydrogen-bond acceptors (Lipinski definition) is 1. The summed E-state index contributed by atoms with van der Waals surface area (Å²) in [6.07, 6.45) is 11.2. The molecular formula is C21H30Cl2O. The van der Waals surface area contributed by atoms with Crippen molar-refractivity contribution in [1.82, 2.24) is 0 Å². The molecule has 1 nitrogen and oxygen atoms in total. The lowest BCUT2D eigenvalue weighted by Gasteiger charge is -2.37. The minimum Gasteiger partial charge on any atom is -0.492 e. The molecule has 0 aliphatic heterocycles. The Bertz CT molecular complexity index is 541. The number of rotatable bonds is 4. The predicted molar refractivity (Wildman–Crippen MR) is 103 cm³/mol. The van der Waals surface area contributed by atoms with E-state index < -0.39 is 0 Å². The second-order valence-electron chi connectivity index (χ2n) is 8.12. The van der Waals surface area contributed by atoms with Crippen molar-refractivity contribution in [3.63, 3.8) is 0 Å². The van der Waals surface area contributed by atoms with Crippen LogP contribution in [0.5, 0.6) is 5.75 Å². The first-order valence-corrected chi connectivity index (χ1v) is 10.4. The van der Waals surface area contributed by atoms with Crippen LogP contribution in [0.25, 0.3) is 0 Å². The Morgan fingerprint density at radius 2 is 1.46 bits per heavy atom. The van der Waals surface area contributed by atoms with Crippen molar-refractivity contribution in [1.29, 1.82) is 0 Å². The molecule has 1 aromatic carbocycles. The van der Waals surface area contributed by atoms with Crippen molar-refractivity contribution in [3.8, 4) is 5.75 Å². The Balaban J connectivity index is 1.45. The minimum atomic E-state index is 0.557. The molecule has 2 aliphatic carbocycles. The van der Waals surface area contributed by atoms with Gasteiger partial charge in [-0.3, -0.25) is 0 Å². The van der Waals surface area contributed by atoms with Gasteiger partial charge in [-0.2, -0.15) is 0 Å². The van der Waals surface area contributed by atoms with E-state index in [0.717, 1.165) is 35.7 Å². The van der Waals surface area contributed by atoms with E-state index in [2.05, 4.69) is 6.92 Å². The molecule has 24 heavy (non-hydrogen) atoms. The second-order valence-corrected chi connectivity index (χ2v) is 8.88. The van der Waals surface area contributed by atoms with Crippen LogP contribution in [-0.4, -0.2) is 6.61 Å². The number of halogens is 2. The Labute approximate surface area is 157 Å². The Morgan fingerprint density at radius 3 is 2.08 bits per heavy atom. The average molecular weight is 369 g/mol. The third-order valence-electron chi connectivity index (χ3n) is 6.33. The zero-order chi connectivity index (χ0) is 17.1. The van der Waals surface area contributed by atoms with Crippen molar-refractivity contribution >= 4 is 23.2 Å². The smallest absolute Gasteiger partial charge is 0.139 e.